The van der Waals surface area contributed by atoms with E-state index in [2.05, 4.69) is 0 Å². The topological polar surface area (TPSA) is 69.0 Å². The number of carbonyl (C=O) groups excluding carboxylic acids is 1. The molecule has 6 nitrogen and oxygen atoms in total. The highest BCUT2D eigenvalue weighted by molar-refractivity contribution is 5.96. The monoisotopic (exact) mass is 367 g/mol. The van der Waals surface area contributed by atoms with Crippen molar-refractivity contribution in [2.45, 2.75) is 13.5 Å². The van der Waals surface area contributed by atoms with E-state index in [1.165, 1.54) is 0 Å². The summed E-state index contributed by atoms with van der Waals surface area (Å²) in [6.45, 7) is 2.64. The minimum Gasteiger partial charge on any atom is -0.493 e. The molecule has 0 radical (unpaired) electrons. The van der Waals surface area contributed by atoms with E-state index < -0.39 is 5.63 Å². The molecule has 0 bridgehead atoms. The Kier molecular flexibility index (Phi) is 5.45. The van der Waals surface area contributed by atoms with E-state index in [1.807, 2.05) is 25.1 Å². The van der Waals surface area contributed by atoms with Crippen LogP contribution in [-0.2, 0) is 6.54 Å². The zero-order chi connectivity index (χ0) is 19.4. The Morgan fingerprint density at radius 3 is 2.48 bits per heavy atom. The van der Waals surface area contributed by atoms with Gasteiger partial charge in [-0.05, 0) is 36.8 Å². The molecule has 0 aliphatic rings. The Labute approximate surface area is 156 Å². The summed E-state index contributed by atoms with van der Waals surface area (Å²) >= 11 is 0. The van der Waals surface area contributed by atoms with Crippen LogP contribution in [0, 0.1) is 0 Å². The van der Waals surface area contributed by atoms with Crippen LogP contribution in [0.4, 0.5) is 0 Å². The maximum absolute atomic E-state index is 12.9. The van der Waals surface area contributed by atoms with Crippen LogP contribution in [0.3, 0.4) is 0 Å². The van der Waals surface area contributed by atoms with E-state index in [9.17, 15) is 9.59 Å². The zero-order valence-electron chi connectivity index (χ0n) is 15.5. The summed E-state index contributed by atoms with van der Waals surface area (Å²) in [6.07, 6.45) is 0. The van der Waals surface area contributed by atoms with Gasteiger partial charge in [0.2, 0.25) is 0 Å². The molecule has 0 saturated heterocycles. The first kappa shape index (κ1) is 18.5. The predicted octanol–water partition coefficient (Wildman–Crippen LogP) is 3.47. The normalized spacial score (nSPS) is 10.6. The number of hydrogen-bond donors (Lipinski definition) is 0. The molecule has 0 unspecified atom stereocenters. The van der Waals surface area contributed by atoms with Gasteiger partial charge in [0.15, 0.2) is 11.5 Å². The maximum Gasteiger partial charge on any atom is 0.349 e. The highest BCUT2D eigenvalue weighted by atomic mass is 16.5. The number of fused-ring (bicyclic) bond motifs is 1. The van der Waals surface area contributed by atoms with Crippen molar-refractivity contribution in [2.24, 2.45) is 0 Å². The Morgan fingerprint density at radius 2 is 1.78 bits per heavy atom. The van der Waals surface area contributed by atoms with Gasteiger partial charge in [-0.3, -0.25) is 4.79 Å². The molecule has 140 valence electrons. The molecule has 0 N–H and O–H groups in total. The molecule has 0 atom stereocenters. The van der Waals surface area contributed by atoms with E-state index >= 15 is 0 Å². The third-order valence-electron chi connectivity index (χ3n) is 4.36. The molecule has 1 aromatic heterocycles. The molecule has 1 heterocycles. The number of hydrogen-bond acceptors (Lipinski definition) is 5. The van der Waals surface area contributed by atoms with Crippen LogP contribution in [-0.4, -0.2) is 31.6 Å². The van der Waals surface area contributed by atoms with Gasteiger partial charge in [0, 0.05) is 18.5 Å². The molecular formula is C21H21NO5. The summed E-state index contributed by atoms with van der Waals surface area (Å²) in [4.78, 5) is 26.8. The lowest BCUT2D eigenvalue weighted by Crippen LogP contribution is -2.33. The summed E-state index contributed by atoms with van der Waals surface area (Å²) in [5, 5.41) is 0.711. The first-order valence-electron chi connectivity index (χ1n) is 8.60. The van der Waals surface area contributed by atoms with Crippen molar-refractivity contribution in [2.75, 3.05) is 20.8 Å². The number of rotatable bonds is 6. The Bertz CT molecular complexity index is 1020. The molecule has 0 aliphatic heterocycles. The minimum atomic E-state index is -0.635. The van der Waals surface area contributed by atoms with Crippen molar-refractivity contribution in [3.8, 4) is 11.5 Å². The van der Waals surface area contributed by atoms with Crippen molar-refractivity contribution in [1.29, 1.82) is 0 Å². The van der Waals surface area contributed by atoms with Gasteiger partial charge in [-0.1, -0.05) is 24.3 Å². The SMILES string of the molecule is CCN(Cc1ccc(OC)c(OC)c1)C(=O)c1cc2ccccc2oc1=O. The summed E-state index contributed by atoms with van der Waals surface area (Å²) in [5.41, 5.74) is 0.718. The van der Waals surface area contributed by atoms with Gasteiger partial charge >= 0.3 is 5.63 Å². The fourth-order valence-electron chi connectivity index (χ4n) is 2.91. The molecule has 3 aromatic rings. The number of carbonyl (C=O) groups is 1. The Balaban J connectivity index is 1.91. The molecule has 2 aromatic carbocycles. The standard InChI is InChI=1S/C21H21NO5/c1-4-22(13-14-9-10-18(25-2)19(11-14)26-3)20(23)16-12-15-7-5-6-8-17(15)27-21(16)24/h5-12H,4,13H2,1-3H3. The van der Waals surface area contributed by atoms with Gasteiger partial charge in [-0.2, -0.15) is 0 Å². The van der Waals surface area contributed by atoms with Crippen LogP contribution in [0.25, 0.3) is 11.0 Å². The summed E-state index contributed by atoms with van der Waals surface area (Å²) < 4.78 is 15.8. The highest BCUT2D eigenvalue weighted by Crippen LogP contribution is 2.28. The molecule has 0 fully saturated rings. The Morgan fingerprint density at radius 1 is 1.04 bits per heavy atom. The van der Waals surface area contributed by atoms with Crippen molar-refractivity contribution in [1.82, 2.24) is 4.90 Å². The fraction of sp³-hybridized carbons (Fsp3) is 0.238. The second kappa shape index (κ2) is 7.95. The van der Waals surface area contributed by atoms with Crippen molar-refractivity contribution >= 4 is 16.9 Å². The van der Waals surface area contributed by atoms with Gasteiger partial charge < -0.3 is 18.8 Å². The molecule has 1 amide bonds. The van der Waals surface area contributed by atoms with Crippen LogP contribution in [0.2, 0.25) is 0 Å². The summed E-state index contributed by atoms with van der Waals surface area (Å²) in [6, 6.07) is 14.2. The van der Waals surface area contributed by atoms with Gasteiger partial charge in [0.1, 0.15) is 11.1 Å². The number of benzene rings is 2. The highest BCUT2D eigenvalue weighted by Gasteiger charge is 2.20. The van der Waals surface area contributed by atoms with E-state index in [-0.39, 0.29) is 11.5 Å². The quantitative estimate of drug-likeness (QED) is 0.624. The Hall–Kier alpha value is -3.28. The van der Waals surface area contributed by atoms with Gasteiger partial charge in [0.25, 0.3) is 5.91 Å². The summed E-state index contributed by atoms with van der Waals surface area (Å²) in [7, 11) is 3.13. The predicted molar refractivity (Wildman–Crippen MR) is 102 cm³/mol. The number of amides is 1. The van der Waals surface area contributed by atoms with Gasteiger partial charge in [-0.25, -0.2) is 4.79 Å². The van der Waals surface area contributed by atoms with Crippen LogP contribution < -0.4 is 15.1 Å². The zero-order valence-corrected chi connectivity index (χ0v) is 15.5. The first-order valence-corrected chi connectivity index (χ1v) is 8.60. The number of nitrogens with zero attached hydrogens (tertiary/aromatic N) is 1. The van der Waals surface area contributed by atoms with Gasteiger partial charge in [0.05, 0.1) is 14.2 Å². The second-order valence-corrected chi connectivity index (χ2v) is 5.99. The summed E-state index contributed by atoms with van der Waals surface area (Å²) in [5.74, 6) is 0.835. The molecule has 0 spiro atoms. The largest absolute Gasteiger partial charge is 0.493 e. The van der Waals surface area contributed by atoms with Crippen LogP contribution in [0.5, 0.6) is 11.5 Å². The minimum absolute atomic E-state index is 0.0241. The lowest BCUT2D eigenvalue weighted by Gasteiger charge is -2.21. The van der Waals surface area contributed by atoms with Crippen molar-refractivity contribution in [3.05, 3.63) is 70.1 Å². The number of ether oxygens (including phenoxy) is 2. The van der Waals surface area contributed by atoms with Gasteiger partial charge in [-0.15, -0.1) is 0 Å². The van der Waals surface area contributed by atoms with Crippen molar-refractivity contribution in [3.63, 3.8) is 0 Å². The maximum atomic E-state index is 12.9. The first-order chi connectivity index (χ1) is 13.1. The second-order valence-electron chi connectivity index (χ2n) is 5.99. The average Bonchev–Trinajstić information content (AvgIpc) is 2.70. The van der Waals surface area contributed by atoms with Crippen molar-refractivity contribution < 1.29 is 18.7 Å². The van der Waals surface area contributed by atoms with Crippen LogP contribution in [0.15, 0.2) is 57.7 Å². The van der Waals surface area contributed by atoms with Crippen LogP contribution in [0.1, 0.15) is 22.8 Å². The van der Waals surface area contributed by atoms with E-state index in [0.717, 1.165) is 5.56 Å². The third kappa shape index (κ3) is 3.79. The third-order valence-corrected chi connectivity index (χ3v) is 4.36. The smallest absolute Gasteiger partial charge is 0.349 e. The molecular weight excluding hydrogens is 346 g/mol. The lowest BCUT2D eigenvalue weighted by atomic mass is 10.1. The fourth-order valence-corrected chi connectivity index (χ4v) is 2.91. The molecule has 0 saturated carbocycles. The molecule has 0 aliphatic carbocycles. The van der Waals surface area contributed by atoms with E-state index in [4.69, 9.17) is 13.9 Å². The molecule has 6 heteroatoms. The molecule has 3 rings (SSSR count). The van der Waals surface area contributed by atoms with E-state index in [0.29, 0.717) is 35.6 Å². The number of para-hydroxylation sites is 1. The lowest BCUT2D eigenvalue weighted by molar-refractivity contribution is 0.0748. The van der Waals surface area contributed by atoms with Crippen LogP contribution >= 0.6 is 0 Å². The molecule has 27 heavy (non-hydrogen) atoms. The number of methoxy groups -OCH3 is 2. The average molecular weight is 367 g/mol. The van der Waals surface area contributed by atoms with E-state index in [1.54, 1.807) is 49.5 Å².